The third-order valence-corrected chi connectivity index (χ3v) is 5.04. The minimum absolute atomic E-state index is 0.239. The molecule has 0 aliphatic carbocycles. The Hall–Kier alpha value is -2.58. The van der Waals surface area contributed by atoms with Crippen molar-refractivity contribution in [3.8, 4) is 0 Å². The molecule has 8 heteroatoms. The molecule has 168 valence electrons. The summed E-state index contributed by atoms with van der Waals surface area (Å²) in [4.78, 5) is 4.14. The Bertz CT molecular complexity index is 865. The summed E-state index contributed by atoms with van der Waals surface area (Å²) in [6, 6.07) is 13.4. The second kappa shape index (κ2) is 11.2. The van der Waals surface area contributed by atoms with Gasteiger partial charge in [0.1, 0.15) is 0 Å². The molecule has 0 saturated carbocycles. The average molecular weight is 435 g/mol. The van der Waals surface area contributed by atoms with Gasteiger partial charge in [-0.3, -0.25) is 4.99 Å². The molecule has 1 heterocycles. The minimum atomic E-state index is -4.35. The van der Waals surface area contributed by atoms with Gasteiger partial charge in [-0.1, -0.05) is 36.4 Å². The highest BCUT2D eigenvalue weighted by molar-refractivity contribution is 5.79. The van der Waals surface area contributed by atoms with Crippen molar-refractivity contribution >= 4 is 5.96 Å². The number of guanidine groups is 1. The van der Waals surface area contributed by atoms with Crippen LogP contribution in [-0.4, -0.2) is 32.3 Å². The molecule has 0 spiro atoms. The van der Waals surface area contributed by atoms with Crippen LogP contribution in [0.25, 0.3) is 0 Å². The number of nitrogens with zero attached hydrogens (tertiary/aromatic N) is 1. The van der Waals surface area contributed by atoms with Crippen LogP contribution in [0.2, 0.25) is 0 Å². The highest BCUT2D eigenvalue weighted by atomic mass is 19.4. The molecule has 0 bridgehead atoms. The van der Waals surface area contributed by atoms with Crippen molar-refractivity contribution in [1.29, 1.82) is 0 Å². The number of rotatable bonds is 7. The molecule has 1 aliphatic rings. The number of hydrogen-bond donors (Lipinski definition) is 2. The molecule has 0 atom stereocenters. The quantitative estimate of drug-likeness (QED) is 0.504. The van der Waals surface area contributed by atoms with Gasteiger partial charge < -0.3 is 20.1 Å². The lowest BCUT2D eigenvalue weighted by molar-refractivity contribution is -0.137. The molecule has 2 N–H and O–H groups in total. The van der Waals surface area contributed by atoms with Gasteiger partial charge in [0.15, 0.2) is 5.96 Å². The van der Waals surface area contributed by atoms with Gasteiger partial charge in [0, 0.05) is 33.4 Å². The monoisotopic (exact) mass is 435 g/mol. The SMILES string of the molecule is CN=C(NCc1cccc(COC2CCOCC2)c1)NCc1cccc(C(F)(F)F)c1. The van der Waals surface area contributed by atoms with Crippen LogP contribution in [-0.2, 0) is 35.3 Å². The van der Waals surface area contributed by atoms with E-state index in [2.05, 4.69) is 21.7 Å². The number of aliphatic imine (C=N–C) groups is 1. The highest BCUT2D eigenvalue weighted by Crippen LogP contribution is 2.29. The van der Waals surface area contributed by atoms with E-state index in [1.165, 1.54) is 6.07 Å². The predicted molar refractivity (Wildman–Crippen MR) is 114 cm³/mol. The Morgan fingerprint density at radius 1 is 1.00 bits per heavy atom. The molecule has 0 radical (unpaired) electrons. The Morgan fingerprint density at radius 2 is 1.61 bits per heavy atom. The fourth-order valence-electron chi connectivity index (χ4n) is 3.34. The van der Waals surface area contributed by atoms with Crippen molar-refractivity contribution in [3.63, 3.8) is 0 Å². The van der Waals surface area contributed by atoms with E-state index in [-0.39, 0.29) is 12.6 Å². The van der Waals surface area contributed by atoms with Crippen LogP contribution < -0.4 is 10.6 Å². The lowest BCUT2D eigenvalue weighted by Crippen LogP contribution is -2.36. The average Bonchev–Trinajstić information content (AvgIpc) is 2.78. The van der Waals surface area contributed by atoms with E-state index < -0.39 is 11.7 Å². The first-order valence-electron chi connectivity index (χ1n) is 10.3. The Morgan fingerprint density at radius 3 is 2.26 bits per heavy atom. The standard InChI is InChI=1S/C23H28F3N3O2/c1-27-22(29-15-18-5-3-7-20(13-18)23(24,25)26)28-14-17-4-2-6-19(12-17)16-31-21-8-10-30-11-9-21/h2-7,12-13,21H,8-11,14-16H2,1H3,(H2,27,28,29). The summed E-state index contributed by atoms with van der Waals surface area (Å²) >= 11 is 0. The molecule has 5 nitrogen and oxygen atoms in total. The number of ether oxygens (including phenoxy) is 2. The normalized spacial score (nSPS) is 15.7. The van der Waals surface area contributed by atoms with E-state index in [4.69, 9.17) is 9.47 Å². The number of benzene rings is 2. The summed E-state index contributed by atoms with van der Waals surface area (Å²) in [6.07, 6.45) is -2.26. The zero-order valence-electron chi connectivity index (χ0n) is 17.5. The minimum Gasteiger partial charge on any atom is -0.381 e. The van der Waals surface area contributed by atoms with Gasteiger partial charge in [-0.05, 0) is 41.7 Å². The maximum absolute atomic E-state index is 12.9. The van der Waals surface area contributed by atoms with Crippen LogP contribution in [0, 0.1) is 0 Å². The van der Waals surface area contributed by atoms with Crippen LogP contribution in [0.5, 0.6) is 0 Å². The summed E-state index contributed by atoms with van der Waals surface area (Å²) < 4.78 is 49.9. The number of hydrogen-bond acceptors (Lipinski definition) is 3. The molecule has 1 aliphatic heterocycles. The number of nitrogens with one attached hydrogen (secondary N) is 2. The van der Waals surface area contributed by atoms with Crippen LogP contribution in [0.1, 0.15) is 35.1 Å². The van der Waals surface area contributed by atoms with Gasteiger partial charge in [0.25, 0.3) is 0 Å². The largest absolute Gasteiger partial charge is 0.416 e. The molecule has 0 unspecified atom stereocenters. The van der Waals surface area contributed by atoms with Gasteiger partial charge >= 0.3 is 6.18 Å². The van der Waals surface area contributed by atoms with Gasteiger partial charge in [-0.15, -0.1) is 0 Å². The van der Waals surface area contributed by atoms with Gasteiger partial charge in [-0.25, -0.2) is 0 Å². The Labute approximate surface area is 180 Å². The van der Waals surface area contributed by atoms with Crippen molar-refractivity contribution in [3.05, 3.63) is 70.8 Å². The molecule has 1 fully saturated rings. The third kappa shape index (κ3) is 7.56. The van der Waals surface area contributed by atoms with E-state index in [0.717, 1.165) is 49.3 Å². The van der Waals surface area contributed by atoms with E-state index in [9.17, 15) is 13.2 Å². The zero-order valence-corrected chi connectivity index (χ0v) is 17.5. The molecule has 31 heavy (non-hydrogen) atoms. The van der Waals surface area contributed by atoms with Crippen molar-refractivity contribution < 1.29 is 22.6 Å². The fraction of sp³-hybridized carbons (Fsp3) is 0.435. The van der Waals surface area contributed by atoms with E-state index >= 15 is 0 Å². The van der Waals surface area contributed by atoms with Crippen LogP contribution >= 0.6 is 0 Å². The molecular weight excluding hydrogens is 407 g/mol. The molecule has 1 saturated heterocycles. The maximum atomic E-state index is 12.9. The summed E-state index contributed by atoms with van der Waals surface area (Å²) in [7, 11) is 1.62. The lowest BCUT2D eigenvalue weighted by Gasteiger charge is -2.22. The topological polar surface area (TPSA) is 54.9 Å². The van der Waals surface area contributed by atoms with Gasteiger partial charge in [-0.2, -0.15) is 13.2 Å². The molecule has 0 aromatic heterocycles. The second-order valence-corrected chi connectivity index (χ2v) is 7.42. The van der Waals surface area contributed by atoms with Crippen molar-refractivity contribution in [2.75, 3.05) is 20.3 Å². The first-order valence-corrected chi connectivity index (χ1v) is 10.3. The van der Waals surface area contributed by atoms with Crippen LogP contribution in [0.15, 0.2) is 53.5 Å². The molecular formula is C23H28F3N3O2. The van der Waals surface area contributed by atoms with Crippen LogP contribution in [0.4, 0.5) is 13.2 Å². The van der Waals surface area contributed by atoms with Gasteiger partial charge in [0.2, 0.25) is 0 Å². The summed E-state index contributed by atoms with van der Waals surface area (Å²) in [6.45, 7) is 2.83. The van der Waals surface area contributed by atoms with Crippen molar-refractivity contribution in [2.24, 2.45) is 4.99 Å². The predicted octanol–water partition coefficient (Wildman–Crippen LogP) is 4.27. The summed E-state index contributed by atoms with van der Waals surface area (Å²) in [5, 5.41) is 6.25. The Balaban J connectivity index is 1.48. The third-order valence-electron chi connectivity index (χ3n) is 5.04. The lowest BCUT2D eigenvalue weighted by atomic mass is 10.1. The van der Waals surface area contributed by atoms with E-state index in [1.807, 2.05) is 18.2 Å². The number of alkyl halides is 3. The van der Waals surface area contributed by atoms with Crippen LogP contribution in [0.3, 0.4) is 0 Å². The van der Waals surface area contributed by atoms with Gasteiger partial charge in [0.05, 0.1) is 18.3 Å². The molecule has 2 aromatic carbocycles. The Kier molecular flexibility index (Phi) is 8.31. The molecule has 0 amide bonds. The summed E-state index contributed by atoms with van der Waals surface area (Å²) in [5.74, 6) is 0.515. The van der Waals surface area contributed by atoms with E-state index in [1.54, 1.807) is 13.1 Å². The first kappa shape index (κ1) is 23.1. The number of halogens is 3. The fourth-order valence-corrected chi connectivity index (χ4v) is 3.34. The van der Waals surface area contributed by atoms with Crippen molar-refractivity contribution in [1.82, 2.24) is 10.6 Å². The smallest absolute Gasteiger partial charge is 0.381 e. The van der Waals surface area contributed by atoms with E-state index in [0.29, 0.717) is 24.7 Å². The summed E-state index contributed by atoms with van der Waals surface area (Å²) in [5.41, 5.74) is 2.03. The second-order valence-electron chi connectivity index (χ2n) is 7.42. The highest BCUT2D eigenvalue weighted by Gasteiger charge is 2.30. The van der Waals surface area contributed by atoms with Crippen molar-refractivity contribution in [2.45, 2.75) is 44.8 Å². The maximum Gasteiger partial charge on any atom is 0.416 e. The first-order chi connectivity index (χ1) is 14.9. The molecule has 2 aromatic rings. The zero-order chi connectivity index (χ0) is 22.1. The molecule has 3 rings (SSSR count).